The number of aromatic nitrogens is 2. The van der Waals surface area contributed by atoms with E-state index in [1.807, 2.05) is 63.1 Å². The molecule has 14 nitrogen and oxygen atoms in total. The number of ether oxygens (including phenoxy) is 2. The van der Waals surface area contributed by atoms with E-state index in [9.17, 15) is 19.2 Å². The number of likely N-dealkylation sites (tertiary alicyclic amines) is 2. The van der Waals surface area contributed by atoms with Crippen LogP contribution in [0.15, 0.2) is 73.2 Å². The lowest BCUT2D eigenvalue weighted by atomic mass is 9.95. The highest BCUT2D eigenvalue weighted by Crippen LogP contribution is 2.50. The highest BCUT2D eigenvalue weighted by atomic mass is 16.5. The maximum atomic E-state index is 13.9. The summed E-state index contributed by atoms with van der Waals surface area (Å²) in [6, 6.07) is 14.5. The van der Waals surface area contributed by atoms with Crippen LogP contribution in [0.5, 0.6) is 0 Å². The van der Waals surface area contributed by atoms with Crippen molar-refractivity contribution < 1.29 is 28.7 Å². The number of imidazole rings is 1. The molecule has 3 fully saturated rings. The van der Waals surface area contributed by atoms with E-state index < -0.39 is 24.3 Å². The van der Waals surface area contributed by atoms with Crippen molar-refractivity contribution in [3.63, 3.8) is 0 Å². The van der Waals surface area contributed by atoms with E-state index in [1.165, 1.54) is 20.4 Å². The molecule has 3 aliphatic rings. The third kappa shape index (κ3) is 8.64. The zero-order valence-electron chi connectivity index (χ0n) is 33.7. The van der Waals surface area contributed by atoms with Gasteiger partial charge in [0.2, 0.25) is 11.8 Å². The Morgan fingerprint density at radius 3 is 2.02 bits per heavy atom. The second-order valence-electron chi connectivity index (χ2n) is 15.9. The lowest BCUT2D eigenvalue weighted by Gasteiger charge is -2.37. The first kappa shape index (κ1) is 40.9. The van der Waals surface area contributed by atoms with Gasteiger partial charge in [0, 0.05) is 24.5 Å². The van der Waals surface area contributed by atoms with Gasteiger partial charge >= 0.3 is 12.2 Å². The normalized spacial score (nSPS) is 21.4. The minimum atomic E-state index is -0.717. The molecule has 304 valence electrons. The van der Waals surface area contributed by atoms with Crippen LogP contribution < -0.4 is 21.7 Å². The van der Waals surface area contributed by atoms with Gasteiger partial charge in [0.25, 0.3) is 0 Å². The van der Waals surface area contributed by atoms with E-state index in [-0.39, 0.29) is 41.8 Å². The van der Waals surface area contributed by atoms with Crippen molar-refractivity contribution in [1.29, 1.82) is 0 Å². The van der Waals surface area contributed by atoms with Crippen LogP contribution in [0.3, 0.4) is 0 Å². The minimum Gasteiger partial charge on any atom is -0.453 e. The molecular formula is C43H56N8O6. The first-order chi connectivity index (χ1) is 27.3. The molecule has 3 aromatic rings. The molecule has 2 bridgehead atoms. The van der Waals surface area contributed by atoms with E-state index in [0.29, 0.717) is 23.9 Å². The quantitative estimate of drug-likeness (QED) is 0.141. The highest BCUT2D eigenvalue weighted by Gasteiger charge is 2.51. The Labute approximate surface area is 334 Å². The SMILES string of the molecule is C=C(N/C(=C\N)c1ccc(-c2ccc(-c3cnc([C@H]4[C@@H]5CC[C@@H](C5)N4C(=O)[C@@H](NC(=O)OC)C(C)C)[nH]3)cc2)cc1)[C@@H]1CCCN1C(=O)[C@@H](NC(=O)OC)C(C)C. The van der Waals surface area contributed by atoms with E-state index in [2.05, 4.69) is 51.8 Å². The van der Waals surface area contributed by atoms with E-state index >= 15 is 0 Å². The number of benzene rings is 2. The number of hydrogen-bond donors (Lipinski definition) is 5. The summed E-state index contributed by atoms with van der Waals surface area (Å²) in [5.74, 6) is 0.549. The number of fused-ring (bicyclic) bond motifs is 2. The number of nitrogens with two attached hydrogens (primary N) is 1. The third-order valence-corrected chi connectivity index (χ3v) is 11.6. The molecule has 0 unspecified atom stereocenters. The molecule has 6 N–H and O–H groups in total. The van der Waals surface area contributed by atoms with E-state index in [4.69, 9.17) is 20.2 Å². The van der Waals surface area contributed by atoms with E-state index in [1.54, 1.807) is 4.90 Å². The number of carbonyl (C=O) groups excluding carboxylic acids is 4. The summed E-state index contributed by atoms with van der Waals surface area (Å²) in [6.07, 6.45) is 6.52. The smallest absolute Gasteiger partial charge is 0.407 e. The fourth-order valence-corrected chi connectivity index (χ4v) is 8.57. The summed E-state index contributed by atoms with van der Waals surface area (Å²) >= 11 is 0. The average Bonchev–Trinajstić information content (AvgIpc) is 4.05. The zero-order valence-corrected chi connectivity index (χ0v) is 33.7. The molecule has 0 spiro atoms. The highest BCUT2D eigenvalue weighted by molar-refractivity contribution is 5.87. The van der Waals surface area contributed by atoms with Gasteiger partial charge in [0.05, 0.1) is 43.9 Å². The van der Waals surface area contributed by atoms with Crippen molar-refractivity contribution in [1.82, 2.24) is 35.7 Å². The average molecular weight is 781 g/mol. The van der Waals surface area contributed by atoms with Crippen LogP contribution >= 0.6 is 0 Å². The van der Waals surface area contributed by atoms with Crippen molar-refractivity contribution in [2.75, 3.05) is 20.8 Å². The molecule has 6 atom stereocenters. The van der Waals surface area contributed by atoms with Crippen LogP contribution in [0, 0.1) is 17.8 Å². The molecule has 1 aliphatic carbocycles. The Hall–Kier alpha value is -5.79. The summed E-state index contributed by atoms with van der Waals surface area (Å²) < 4.78 is 9.56. The van der Waals surface area contributed by atoms with Gasteiger partial charge in [-0.2, -0.15) is 0 Å². The molecule has 14 heteroatoms. The first-order valence-electron chi connectivity index (χ1n) is 19.8. The Bertz CT molecular complexity index is 1970. The van der Waals surface area contributed by atoms with Gasteiger partial charge in [-0.05, 0) is 72.1 Å². The summed E-state index contributed by atoms with van der Waals surface area (Å²) in [5.41, 5.74) is 12.2. The van der Waals surface area contributed by atoms with Crippen LogP contribution in [-0.2, 0) is 19.1 Å². The number of carbonyl (C=O) groups is 4. The maximum absolute atomic E-state index is 13.9. The number of H-pyrrole nitrogens is 1. The molecule has 6 rings (SSSR count). The molecule has 1 aromatic heterocycles. The second kappa shape index (κ2) is 17.6. The predicted molar refractivity (Wildman–Crippen MR) is 218 cm³/mol. The molecule has 2 saturated heterocycles. The number of methoxy groups -OCH3 is 2. The van der Waals surface area contributed by atoms with Crippen molar-refractivity contribution in [3.05, 3.63) is 84.6 Å². The molecule has 2 aliphatic heterocycles. The van der Waals surface area contributed by atoms with Crippen molar-refractivity contribution >= 4 is 29.7 Å². The molecule has 3 heterocycles. The van der Waals surface area contributed by atoms with E-state index in [0.717, 1.165) is 65.9 Å². The topological polar surface area (TPSA) is 184 Å². The number of alkyl carbamates (subject to hydrolysis) is 2. The lowest BCUT2D eigenvalue weighted by molar-refractivity contribution is -0.139. The van der Waals surface area contributed by atoms with Gasteiger partial charge in [-0.1, -0.05) is 82.8 Å². The fraction of sp³-hybridized carbons (Fsp3) is 0.465. The maximum Gasteiger partial charge on any atom is 0.407 e. The number of piperidine rings is 1. The molecule has 1 saturated carbocycles. The predicted octanol–water partition coefficient (Wildman–Crippen LogP) is 5.91. The molecule has 2 aromatic carbocycles. The number of rotatable bonds is 13. The van der Waals surface area contributed by atoms with Gasteiger partial charge in [-0.3, -0.25) is 9.59 Å². The number of amides is 4. The number of nitrogens with zero attached hydrogens (tertiary/aromatic N) is 3. The van der Waals surface area contributed by atoms with Gasteiger partial charge in [-0.25, -0.2) is 14.6 Å². The summed E-state index contributed by atoms with van der Waals surface area (Å²) in [5, 5.41) is 8.78. The zero-order chi connectivity index (χ0) is 41.0. The molecule has 57 heavy (non-hydrogen) atoms. The molecule has 0 radical (unpaired) electrons. The van der Waals surface area contributed by atoms with Crippen LogP contribution in [-0.4, -0.2) is 88.7 Å². The summed E-state index contributed by atoms with van der Waals surface area (Å²) in [7, 11) is 2.58. The van der Waals surface area contributed by atoms with Crippen LogP contribution in [0.4, 0.5) is 9.59 Å². The Morgan fingerprint density at radius 2 is 1.44 bits per heavy atom. The van der Waals surface area contributed by atoms with Crippen molar-refractivity contribution in [2.45, 2.75) is 90.0 Å². The largest absolute Gasteiger partial charge is 0.453 e. The monoisotopic (exact) mass is 780 g/mol. The van der Waals surface area contributed by atoms with Crippen LogP contribution in [0.2, 0.25) is 0 Å². The fourth-order valence-electron chi connectivity index (χ4n) is 8.57. The van der Waals surface area contributed by atoms with Crippen LogP contribution in [0.25, 0.3) is 28.1 Å². The molecular weight excluding hydrogens is 725 g/mol. The van der Waals surface area contributed by atoms with Crippen molar-refractivity contribution in [3.8, 4) is 22.4 Å². The van der Waals surface area contributed by atoms with Gasteiger partial charge in [0.1, 0.15) is 17.9 Å². The number of aromatic amines is 1. The number of nitrogens with one attached hydrogen (secondary N) is 4. The standard InChI is InChI=1S/C43H56N8O6/c1-24(2)36(48-42(54)56-6)40(52)50-20-8-9-35(50)26(5)46-33(22-44)29-14-10-27(11-15-29)28-12-16-30(17-13-28)34-23-45-39(47-34)38-31-18-19-32(21-31)51(38)41(53)37(25(3)4)49-43(55)57-7/h10-17,22-25,31-32,35-38,46H,5,8-9,18-21,44H2,1-4,6-7H3,(H,45,47)(H,48,54)(H,49,55)/b33-22-/t31-,32+,35+,36+,37+,38-/m1/s1. The minimum absolute atomic E-state index is 0.103. The third-order valence-electron chi connectivity index (χ3n) is 11.6. The Balaban J connectivity index is 1.11. The number of hydrogen-bond acceptors (Lipinski definition) is 9. The van der Waals surface area contributed by atoms with Gasteiger partial charge in [-0.15, -0.1) is 0 Å². The van der Waals surface area contributed by atoms with Gasteiger partial charge in [0.15, 0.2) is 0 Å². The Morgan fingerprint density at radius 1 is 0.860 bits per heavy atom. The van der Waals surface area contributed by atoms with Crippen LogP contribution in [0.1, 0.15) is 77.2 Å². The van der Waals surface area contributed by atoms with Crippen molar-refractivity contribution in [2.24, 2.45) is 23.5 Å². The summed E-state index contributed by atoms with van der Waals surface area (Å²) in [4.78, 5) is 63.5. The lowest BCUT2D eigenvalue weighted by Crippen LogP contribution is -2.54. The molecule has 4 amide bonds. The first-order valence-corrected chi connectivity index (χ1v) is 19.8. The summed E-state index contributed by atoms with van der Waals surface area (Å²) in [6.45, 7) is 12.4. The Kier molecular flexibility index (Phi) is 12.6. The second-order valence-corrected chi connectivity index (χ2v) is 15.9. The van der Waals surface area contributed by atoms with Gasteiger partial charge < -0.3 is 45.9 Å².